The van der Waals surface area contributed by atoms with E-state index in [9.17, 15) is 4.79 Å². The van der Waals surface area contributed by atoms with Crippen LogP contribution in [0.5, 0.6) is 0 Å². The van der Waals surface area contributed by atoms with Gasteiger partial charge in [-0.2, -0.15) is 0 Å². The normalized spacial score (nSPS) is 18.8. The van der Waals surface area contributed by atoms with Crippen molar-refractivity contribution in [1.82, 2.24) is 4.98 Å². The van der Waals surface area contributed by atoms with E-state index in [1.165, 1.54) is 0 Å². The molecule has 0 atom stereocenters. The molecule has 0 N–H and O–H groups in total. The summed E-state index contributed by atoms with van der Waals surface area (Å²) in [5.41, 5.74) is 0.768. The monoisotopic (exact) mass is 181 g/mol. The molecular weight excluding hydrogens is 174 g/mol. The van der Waals surface area contributed by atoms with Crippen molar-refractivity contribution in [2.45, 2.75) is 18.3 Å². The van der Waals surface area contributed by atoms with Gasteiger partial charge in [0.1, 0.15) is 11.4 Å². The Morgan fingerprint density at radius 3 is 2.83 bits per heavy atom. The molecule has 2 rings (SSSR count). The number of hydrogen-bond donors (Lipinski definition) is 0. The molecule has 0 unspecified atom stereocenters. The molecule has 0 bridgehead atoms. The first-order valence-corrected chi connectivity index (χ1v) is 4.23. The summed E-state index contributed by atoms with van der Waals surface area (Å²) < 4.78 is 0. The summed E-state index contributed by atoms with van der Waals surface area (Å²) >= 11 is 5.71. The maximum atomic E-state index is 10.7. The summed E-state index contributed by atoms with van der Waals surface area (Å²) in [5.74, 6) is 0. The highest BCUT2D eigenvalue weighted by Gasteiger charge is 2.44. The smallest absolute Gasteiger partial charge is 0.130 e. The lowest BCUT2D eigenvalue weighted by Gasteiger charge is -2.05. The molecule has 0 aliphatic heterocycles. The maximum Gasteiger partial charge on any atom is 0.130 e. The zero-order chi connectivity index (χ0) is 8.60. The zero-order valence-corrected chi connectivity index (χ0v) is 7.21. The summed E-state index contributed by atoms with van der Waals surface area (Å²) in [7, 11) is 0. The fourth-order valence-electron chi connectivity index (χ4n) is 1.32. The lowest BCUT2D eigenvalue weighted by atomic mass is 9.99. The van der Waals surface area contributed by atoms with Crippen LogP contribution in [0, 0.1) is 0 Å². The number of pyridine rings is 1. The molecule has 0 saturated heterocycles. The molecule has 0 amide bonds. The van der Waals surface area contributed by atoms with E-state index in [-0.39, 0.29) is 5.41 Å². The number of aromatic nitrogens is 1. The van der Waals surface area contributed by atoms with Crippen LogP contribution in [0.2, 0.25) is 5.15 Å². The van der Waals surface area contributed by atoms with Crippen LogP contribution in [0.3, 0.4) is 0 Å². The third-order valence-electron chi connectivity index (χ3n) is 2.32. The Kier molecular flexibility index (Phi) is 1.65. The van der Waals surface area contributed by atoms with Crippen LogP contribution in [0.25, 0.3) is 0 Å². The van der Waals surface area contributed by atoms with Gasteiger partial charge in [0.2, 0.25) is 0 Å². The number of halogens is 1. The first-order chi connectivity index (χ1) is 5.77. The molecule has 1 aliphatic carbocycles. The molecule has 1 heterocycles. The highest BCUT2D eigenvalue weighted by atomic mass is 35.5. The first-order valence-electron chi connectivity index (χ1n) is 3.85. The van der Waals surface area contributed by atoms with Crippen molar-refractivity contribution in [3.8, 4) is 0 Å². The Labute approximate surface area is 75.6 Å². The average molecular weight is 182 g/mol. The van der Waals surface area contributed by atoms with Gasteiger partial charge >= 0.3 is 0 Å². The predicted molar refractivity (Wildman–Crippen MR) is 46.2 cm³/mol. The molecule has 0 radical (unpaired) electrons. The van der Waals surface area contributed by atoms with Crippen LogP contribution in [-0.4, -0.2) is 11.3 Å². The molecule has 3 heteroatoms. The molecule has 0 aromatic carbocycles. The van der Waals surface area contributed by atoms with Crippen LogP contribution in [0.4, 0.5) is 0 Å². The van der Waals surface area contributed by atoms with Crippen molar-refractivity contribution in [2.24, 2.45) is 0 Å². The standard InChI is InChI=1S/C9H8ClNO/c10-8-5-7(1-4-11-8)9(6-12)2-3-9/h1,4-6H,2-3H2. The van der Waals surface area contributed by atoms with Gasteiger partial charge in [-0.25, -0.2) is 4.98 Å². The van der Waals surface area contributed by atoms with Gasteiger partial charge in [-0.05, 0) is 30.5 Å². The molecule has 1 aromatic rings. The molecular formula is C9H8ClNO. The van der Waals surface area contributed by atoms with Crippen molar-refractivity contribution in [2.75, 3.05) is 0 Å². The minimum Gasteiger partial charge on any atom is -0.302 e. The second kappa shape index (κ2) is 2.56. The molecule has 1 saturated carbocycles. The van der Waals surface area contributed by atoms with Crippen molar-refractivity contribution in [3.63, 3.8) is 0 Å². The molecule has 0 spiro atoms. The predicted octanol–water partition coefficient (Wildman–Crippen LogP) is 1.97. The van der Waals surface area contributed by atoms with E-state index in [2.05, 4.69) is 4.98 Å². The number of nitrogens with zero attached hydrogens (tertiary/aromatic N) is 1. The Morgan fingerprint density at radius 1 is 1.58 bits per heavy atom. The van der Waals surface area contributed by atoms with Gasteiger partial charge in [0, 0.05) is 6.20 Å². The van der Waals surface area contributed by atoms with Gasteiger partial charge in [0.25, 0.3) is 0 Å². The van der Waals surface area contributed by atoms with Crippen LogP contribution in [0.1, 0.15) is 18.4 Å². The summed E-state index contributed by atoms with van der Waals surface area (Å²) in [6.07, 6.45) is 4.54. The van der Waals surface area contributed by atoms with Crippen molar-refractivity contribution in [3.05, 3.63) is 29.0 Å². The second-order valence-electron chi connectivity index (χ2n) is 3.14. The summed E-state index contributed by atoms with van der Waals surface area (Å²) in [4.78, 5) is 14.6. The largest absolute Gasteiger partial charge is 0.302 e. The minimum atomic E-state index is -0.230. The Hall–Kier alpha value is -0.890. The summed E-state index contributed by atoms with van der Waals surface area (Å²) in [5, 5.41) is 0.459. The van der Waals surface area contributed by atoms with E-state index in [0.717, 1.165) is 24.7 Å². The lowest BCUT2D eigenvalue weighted by molar-refractivity contribution is -0.109. The molecule has 1 fully saturated rings. The fourth-order valence-corrected chi connectivity index (χ4v) is 1.50. The quantitative estimate of drug-likeness (QED) is 0.516. The summed E-state index contributed by atoms with van der Waals surface area (Å²) in [6.45, 7) is 0. The Morgan fingerprint density at radius 2 is 2.33 bits per heavy atom. The van der Waals surface area contributed by atoms with E-state index < -0.39 is 0 Å². The van der Waals surface area contributed by atoms with Gasteiger partial charge in [0.15, 0.2) is 0 Å². The van der Waals surface area contributed by atoms with Gasteiger partial charge in [-0.15, -0.1) is 0 Å². The van der Waals surface area contributed by atoms with Gasteiger partial charge in [-0.3, -0.25) is 0 Å². The number of aldehydes is 1. The van der Waals surface area contributed by atoms with Crippen molar-refractivity contribution >= 4 is 17.9 Å². The van der Waals surface area contributed by atoms with E-state index >= 15 is 0 Å². The second-order valence-corrected chi connectivity index (χ2v) is 3.53. The first kappa shape index (κ1) is 7.74. The topological polar surface area (TPSA) is 30.0 Å². The number of carbonyl (C=O) groups excluding carboxylic acids is 1. The van der Waals surface area contributed by atoms with Crippen LogP contribution < -0.4 is 0 Å². The molecule has 2 nitrogen and oxygen atoms in total. The van der Waals surface area contributed by atoms with E-state index in [1.807, 2.05) is 6.07 Å². The fraction of sp³-hybridized carbons (Fsp3) is 0.333. The summed E-state index contributed by atoms with van der Waals surface area (Å²) in [6, 6.07) is 3.62. The van der Waals surface area contributed by atoms with E-state index in [4.69, 9.17) is 11.6 Å². The van der Waals surface area contributed by atoms with E-state index in [1.54, 1.807) is 12.3 Å². The Balaban J connectivity index is 2.40. The minimum absolute atomic E-state index is 0.230. The zero-order valence-electron chi connectivity index (χ0n) is 6.46. The average Bonchev–Trinajstić information content (AvgIpc) is 2.84. The number of rotatable bonds is 2. The van der Waals surface area contributed by atoms with Crippen LogP contribution >= 0.6 is 11.6 Å². The highest BCUT2D eigenvalue weighted by molar-refractivity contribution is 6.29. The molecule has 1 aliphatic rings. The third-order valence-corrected chi connectivity index (χ3v) is 2.52. The SMILES string of the molecule is O=CC1(c2ccnc(Cl)c2)CC1. The number of hydrogen-bond acceptors (Lipinski definition) is 2. The van der Waals surface area contributed by atoms with Gasteiger partial charge in [0.05, 0.1) is 5.41 Å². The highest BCUT2D eigenvalue weighted by Crippen LogP contribution is 2.46. The Bertz CT molecular complexity index is 320. The van der Waals surface area contributed by atoms with Crippen LogP contribution in [0.15, 0.2) is 18.3 Å². The third kappa shape index (κ3) is 1.12. The van der Waals surface area contributed by atoms with Crippen molar-refractivity contribution in [1.29, 1.82) is 0 Å². The van der Waals surface area contributed by atoms with Crippen LogP contribution in [-0.2, 0) is 10.2 Å². The lowest BCUT2D eigenvalue weighted by Crippen LogP contribution is -2.07. The molecule has 1 aromatic heterocycles. The van der Waals surface area contributed by atoms with Crippen molar-refractivity contribution < 1.29 is 4.79 Å². The maximum absolute atomic E-state index is 10.7. The molecule has 12 heavy (non-hydrogen) atoms. The van der Waals surface area contributed by atoms with Gasteiger partial charge in [-0.1, -0.05) is 11.6 Å². The molecule has 62 valence electrons. The van der Waals surface area contributed by atoms with Gasteiger partial charge < -0.3 is 4.79 Å². The van der Waals surface area contributed by atoms with E-state index in [0.29, 0.717) is 5.15 Å². The number of carbonyl (C=O) groups is 1.